The van der Waals surface area contributed by atoms with Gasteiger partial charge in [0.25, 0.3) is 5.91 Å². The largest absolute Gasteiger partial charge is 0.493 e. The van der Waals surface area contributed by atoms with Gasteiger partial charge in [0, 0.05) is 17.7 Å². The number of methoxy groups -OCH3 is 2. The smallest absolute Gasteiger partial charge is 0.340 e. The van der Waals surface area contributed by atoms with Crippen molar-refractivity contribution in [1.29, 1.82) is 0 Å². The van der Waals surface area contributed by atoms with Crippen molar-refractivity contribution in [3.05, 3.63) is 77.2 Å². The molecule has 0 bridgehead atoms. The third kappa shape index (κ3) is 5.64. The van der Waals surface area contributed by atoms with Crippen LogP contribution in [0.3, 0.4) is 0 Å². The van der Waals surface area contributed by atoms with Gasteiger partial charge in [0.1, 0.15) is 0 Å². The molecule has 0 atom stereocenters. The van der Waals surface area contributed by atoms with Crippen molar-refractivity contribution in [2.75, 3.05) is 26.1 Å². The molecule has 1 heterocycles. The zero-order valence-electron chi connectivity index (χ0n) is 19.8. The van der Waals surface area contributed by atoms with Gasteiger partial charge in [0.05, 0.1) is 31.7 Å². The summed E-state index contributed by atoms with van der Waals surface area (Å²) in [5.41, 5.74) is 1.58. The fourth-order valence-corrected chi connectivity index (χ4v) is 3.19. The van der Waals surface area contributed by atoms with Gasteiger partial charge in [0.15, 0.2) is 29.6 Å². The Bertz CT molecular complexity index is 1170. The van der Waals surface area contributed by atoms with Crippen LogP contribution in [0, 0.1) is 0 Å². The molecular weight excluding hydrogens is 438 g/mol. The van der Waals surface area contributed by atoms with Crippen molar-refractivity contribution < 1.29 is 33.0 Å². The summed E-state index contributed by atoms with van der Waals surface area (Å²) < 4.78 is 20.9. The molecular formula is C26H27NO7. The van der Waals surface area contributed by atoms with E-state index in [-0.39, 0.29) is 34.0 Å². The first-order valence-corrected chi connectivity index (χ1v) is 10.6. The molecule has 0 radical (unpaired) electrons. The molecule has 0 saturated carbocycles. The van der Waals surface area contributed by atoms with Gasteiger partial charge in [-0.1, -0.05) is 45.0 Å². The second kappa shape index (κ2) is 10.2. The Balaban J connectivity index is 1.79. The molecule has 1 aromatic heterocycles. The zero-order chi connectivity index (χ0) is 24.9. The number of esters is 1. The van der Waals surface area contributed by atoms with Gasteiger partial charge in [-0.2, -0.15) is 0 Å². The highest BCUT2D eigenvalue weighted by Crippen LogP contribution is 2.34. The molecule has 3 aromatic rings. The van der Waals surface area contributed by atoms with Crippen molar-refractivity contribution in [2.24, 2.45) is 0 Å². The first-order chi connectivity index (χ1) is 16.1. The zero-order valence-corrected chi connectivity index (χ0v) is 19.8. The van der Waals surface area contributed by atoms with Crippen LogP contribution in [0.2, 0.25) is 0 Å². The number of amides is 1. The molecule has 3 rings (SSSR count). The van der Waals surface area contributed by atoms with Gasteiger partial charge in [-0.05, 0) is 23.1 Å². The van der Waals surface area contributed by atoms with Crippen LogP contribution in [0.25, 0.3) is 0 Å². The second-order valence-corrected chi connectivity index (χ2v) is 8.51. The number of ether oxygens (including phenoxy) is 3. The molecule has 0 fully saturated rings. The van der Waals surface area contributed by atoms with Crippen molar-refractivity contribution in [1.82, 2.24) is 0 Å². The van der Waals surface area contributed by atoms with E-state index in [1.165, 1.54) is 38.7 Å². The molecule has 2 aromatic carbocycles. The topological polar surface area (TPSA) is 104 Å². The third-order valence-electron chi connectivity index (χ3n) is 5.14. The summed E-state index contributed by atoms with van der Waals surface area (Å²) in [6.07, 6.45) is 1.36. The number of hydrogen-bond donors (Lipinski definition) is 1. The molecule has 178 valence electrons. The van der Waals surface area contributed by atoms with E-state index in [4.69, 9.17) is 18.6 Å². The number of carbonyl (C=O) groups is 3. The van der Waals surface area contributed by atoms with Gasteiger partial charge in [-0.3, -0.25) is 9.59 Å². The van der Waals surface area contributed by atoms with Crippen molar-refractivity contribution in [2.45, 2.75) is 26.2 Å². The molecule has 0 aliphatic carbocycles. The molecule has 34 heavy (non-hydrogen) atoms. The number of carbonyl (C=O) groups excluding carboxylic acids is 3. The number of rotatable bonds is 8. The Morgan fingerprint density at radius 3 is 2.15 bits per heavy atom. The minimum atomic E-state index is -0.810. The summed E-state index contributed by atoms with van der Waals surface area (Å²) in [6.45, 7) is 5.78. The van der Waals surface area contributed by atoms with Gasteiger partial charge in [-0.15, -0.1) is 0 Å². The summed E-state index contributed by atoms with van der Waals surface area (Å²) in [6, 6.07) is 13.0. The van der Waals surface area contributed by atoms with Crippen molar-refractivity contribution >= 4 is 23.3 Å². The maximum absolute atomic E-state index is 12.9. The van der Waals surface area contributed by atoms with Crippen LogP contribution in [0.5, 0.6) is 11.5 Å². The van der Waals surface area contributed by atoms with Gasteiger partial charge < -0.3 is 23.9 Å². The van der Waals surface area contributed by atoms with E-state index in [0.29, 0.717) is 11.3 Å². The summed E-state index contributed by atoms with van der Waals surface area (Å²) in [5.74, 6) is -1.12. The summed E-state index contributed by atoms with van der Waals surface area (Å²) in [7, 11) is 2.84. The van der Waals surface area contributed by atoms with Gasteiger partial charge >= 0.3 is 5.97 Å². The number of nitrogens with one attached hydrogen (secondary N) is 1. The Hall–Kier alpha value is -4.07. The predicted octanol–water partition coefficient (Wildman–Crippen LogP) is 4.89. The maximum Gasteiger partial charge on any atom is 0.340 e. The first-order valence-electron chi connectivity index (χ1n) is 10.6. The fraction of sp³-hybridized carbons (Fsp3) is 0.269. The summed E-state index contributed by atoms with van der Waals surface area (Å²) in [5, 5.41) is 2.61. The molecule has 0 aliphatic rings. The predicted molar refractivity (Wildman–Crippen MR) is 126 cm³/mol. The molecule has 0 saturated heterocycles. The normalized spacial score (nSPS) is 11.0. The third-order valence-corrected chi connectivity index (χ3v) is 5.14. The lowest BCUT2D eigenvalue weighted by Crippen LogP contribution is -2.18. The lowest BCUT2D eigenvalue weighted by Gasteiger charge is -2.19. The standard InChI is InChI=1S/C26H27NO7/c1-26(2,3)17-10-8-16(9-11-17)20(28)15-34-25(30)18-13-22(31-4)23(32-5)14-19(18)27-24(29)21-7-6-12-33-21/h6-14H,15H2,1-5H3,(H,27,29). The van der Waals surface area contributed by atoms with Gasteiger partial charge in [0.2, 0.25) is 0 Å². The highest BCUT2D eigenvalue weighted by Gasteiger charge is 2.22. The van der Waals surface area contributed by atoms with E-state index in [0.717, 1.165) is 5.56 Å². The summed E-state index contributed by atoms with van der Waals surface area (Å²) >= 11 is 0. The number of ketones is 1. The molecule has 8 nitrogen and oxygen atoms in total. The Morgan fingerprint density at radius 2 is 1.59 bits per heavy atom. The molecule has 1 amide bonds. The average Bonchev–Trinajstić information content (AvgIpc) is 3.36. The molecule has 1 N–H and O–H groups in total. The Kier molecular flexibility index (Phi) is 7.40. The minimum Gasteiger partial charge on any atom is -0.493 e. The highest BCUT2D eigenvalue weighted by molar-refractivity contribution is 6.07. The van der Waals surface area contributed by atoms with Crippen LogP contribution in [0.1, 0.15) is 57.6 Å². The number of furan rings is 1. The van der Waals surface area contributed by atoms with Gasteiger partial charge in [-0.25, -0.2) is 4.79 Å². The molecule has 8 heteroatoms. The van der Waals surface area contributed by atoms with Crippen LogP contribution in [-0.4, -0.2) is 38.5 Å². The Labute approximate surface area is 197 Å². The van der Waals surface area contributed by atoms with Crippen LogP contribution in [-0.2, 0) is 10.2 Å². The monoisotopic (exact) mass is 465 g/mol. The second-order valence-electron chi connectivity index (χ2n) is 8.51. The van der Waals surface area contributed by atoms with E-state index >= 15 is 0 Å². The van der Waals surface area contributed by atoms with E-state index < -0.39 is 18.5 Å². The van der Waals surface area contributed by atoms with Crippen molar-refractivity contribution in [3.8, 4) is 11.5 Å². The summed E-state index contributed by atoms with van der Waals surface area (Å²) in [4.78, 5) is 37.9. The minimum absolute atomic E-state index is 0.00608. The number of Topliss-reactive ketones (excluding diaryl/α,β-unsaturated/α-hetero) is 1. The van der Waals surface area contributed by atoms with Crippen LogP contribution < -0.4 is 14.8 Å². The number of anilines is 1. The quantitative estimate of drug-likeness (QED) is 0.373. The van der Waals surface area contributed by atoms with E-state index in [9.17, 15) is 14.4 Å². The molecule has 0 unspecified atom stereocenters. The fourth-order valence-electron chi connectivity index (χ4n) is 3.19. The van der Waals surface area contributed by atoms with Crippen LogP contribution in [0.4, 0.5) is 5.69 Å². The van der Waals surface area contributed by atoms with E-state index in [2.05, 4.69) is 26.1 Å². The van der Waals surface area contributed by atoms with Crippen LogP contribution >= 0.6 is 0 Å². The highest BCUT2D eigenvalue weighted by atomic mass is 16.5. The Morgan fingerprint density at radius 1 is 0.941 bits per heavy atom. The number of hydrogen-bond acceptors (Lipinski definition) is 7. The molecule has 0 aliphatic heterocycles. The molecule has 0 spiro atoms. The number of benzene rings is 2. The van der Waals surface area contributed by atoms with Crippen molar-refractivity contribution in [3.63, 3.8) is 0 Å². The van der Waals surface area contributed by atoms with E-state index in [1.807, 2.05) is 12.1 Å². The maximum atomic E-state index is 12.9. The van der Waals surface area contributed by atoms with Crippen LogP contribution in [0.15, 0.2) is 59.2 Å². The SMILES string of the molecule is COc1cc(NC(=O)c2ccco2)c(C(=O)OCC(=O)c2ccc(C(C)(C)C)cc2)cc1OC. The average molecular weight is 466 g/mol. The van der Waals surface area contributed by atoms with E-state index in [1.54, 1.807) is 18.2 Å². The lowest BCUT2D eigenvalue weighted by atomic mass is 9.86. The first kappa shape index (κ1) is 24.6. The lowest BCUT2D eigenvalue weighted by molar-refractivity contribution is 0.0475.